The number of thiophene rings is 2. The van der Waals surface area contributed by atoms with Crippen LogP contribution in [0, 0.1) is 11.8 Å². The maximum Gasteiger partial charge on any atom is 0.261 e. The number of nitrogens with zero attached hydrogens (tertiary/aromatic N) is 2. The first-order chi connectivity index (χ1) is 31.0. The van der Waals surface area contributed by atoms with Crippen molar-refractivity contribution in [2.75, 3.05) is 0 Å². The first kappa shape index (κ1) is 42.7. The molecule has 7 aromatic carbocycles. The molecule has 0 aliphatic heterocycles. The summed E-state index contributed by atoms with van der Waals surface area (Å²) in [5.41, 5.74) is -0.923. The smallest absolute Gasteiger partial charge is 0.261 e. The second-order valence-electron chi connectivity index (χ2n) is 19.2. The van der Waals surface area contributed by atoms with Crippen molar-refractivity contribution in [1.29, 1.82) is 0 Å². The van der Waals surface area contributed by atoms with Crippen molar-refractivity contribution in [3.63, 3.8) is 0 Å². The van der Waals surface area contributed by atoms with Crippen LogP contribution in [-0.4, -0.2) is 9.13 Å². The van der Waals surface area contributed by atoms with E-state index in [1.807, 2.05) is 0 Å². The van der Waals surface area contributed by atoms with Crippen molar-refractivity contribution in [3.05, 3.63) is 85.4 Å². The van der Waals surface area contributed by atoms with Gasteiger partial charge in [0, 0.05) is 97.9 Å². The zero-order chi connectivity index (χ0) is 44.3. The van der Waals surface area contributed by atoms with Crippen molar-refractivity contribution >= 4 is 161 Å². The van der Waals surface area contributed by atoms with Gasteiger partial charge in [-0.15, -0.1) is 22.7 Å². The highest BCUT2D eigenvalue weighted by molar-refractivity contribution is 9.11. The van der Waals surface area contributed by atoms with Crippen LogP contribution in [0.3, 0.4) is 0 Å². The Labute approximate surface area is 395 Å². The molecule has 0 fully saturated rings. The van der Waals surface area contributed by atoms with E-state index in [4.69, 9.17) is 0 Å². The summed E-state index contributed by atoms with van der Waals surface area (Å²) in [4.78, 5) is 59.9. The Kier molecular flexibility index (Phi) is 10.9. The Bertz CT molecular complexity index is 3370. The topological polar surface area (TPSA) is 78.1 Å². The lowest BCUT2D eigenvalue weighted by molar-refractivity contribution is 0.416. The molecule has 64 heavy (non-hydrogen) atoms. The van der Waals surface area contributed by atoms with Gasteiger partial charge >= 0.3 is 0 Å². The van der Waals surface area contributed by atoms with Crippen molar-refractivity contribution < 1.29 is 0 Å². The normalized spacial score (nSPS) is 14.0. The lowest BCUT2D eigenvalue weighted by Crippen LogP contribution is -2.35. The van der Waals surface area contributed by atoms with Gasteiger partial charge in [0.05, 0.1) is 7.57 Å². The van der Waals surface area contributed by atoms with Gasteiger partial charge in [-0.05, 0) is 114 Å². The number of rotatable bonds is 18. The molecule has 0 radical (unpaired) electrons. The highest BCUT2D eigenvalue weighted by Gasteiger charge is 2.31. The van der Waals surface area contributed by atoms with Gasteiger partial charge in [-0.2, -0.15) is 0 Å². The molecule has 11 rings (SSSR count). The molecule has 4 aromatic heterocycles. The molecule has 2 unspecified atom stereocenters. The third-order valence-corrected chi connectivity index (χ3v) is 18.1. The number of pyridine rings is 2. The first-order valence-corrected chi connectivity index (χ1v) is 26.9. The van der Waals surface area contributed by atoms with Crippen LogP contribution in [0.4, 0.5) is 0 Å². The summed E-state index contributed by atoms with van der Waals surface area (Å²) in [5, 5.41) is 15.4. The molecule has 0 amide bonds. The Morgan fingerprint density at radius 2 is 0.734 bits per heavy atom. The first-order valence-electron chi connectivity index (χ1n) is 23.7. The minimum absolute atomic E-state index is 0.172. The number of hydrogen-bond acceptors (Lipinski definition) is 6. The standard InChI is InChI=1S/C54H52Br2N2O4S2/c1-5-7-9-11-13-15-17-27(3)25-57-51(59)35-19-29-31-23-39(55)64-50(31)34-22-38-42-36(52(60)58(54(38)62)26-28(4)18-16-14-12-10-8-6-2)20-30-32-24-40(56)63-49(32)33-21-37(53(57)61)41(35)47-43(29)46(34)48(42)44(30)45(33)47/h19-24,27-28H,5-18,25-26H2,1-4H3. The number of aromatic nitrogens is 2. The van der Waals surface area contributed by atoms with Crippen LogP contribution in [0.2, 0.25) is 0 Å². The SMILES string of the molecule is CCCCCCCCC(C)Cn1c(=O)c2cc3c4cc(Br)sc4c4cc5c(=O)n(CC(C)CCCCCCCC)c(=O)c6cc7c8cc(Br)sc8c8cc(c1=O)c2c1c3c4c(c65)c7c81. The minimum Gasteiger partial charge on any atom is -0.274 e. The quantitative estimate of drug-likeness (QED) is 0.0487. The highest BCUT2D eigenvalue weighted by atomic mass is 79.9. The van der Waals surface area contributed by atoms with Crippen LogP contribution in [0.25, 0.3) is 106 Å². The van der Waals surface area contributed by atoms with E-state index in [-0.39, 0.29) is 34.1 Å². The van der Waals surface area contributed by atoms with Gasteiger partial charge in [-0.3, -0.25) is 28.3 Å². The maximum absolute atomic E-state index is 15.0. The molecule has 328 valence electrons. The number of unbranched alkanes of at least 4 members (excludes halogenated alkanes) is 10. The van der Waals surface area contributed by atoms with E-state index in [9.17, 15) is 19.2 Å². The van der Waals surface area contributed by atoms with Crippen molar-refractivity contribution in [1.82, 2.24) is 9.13 Å². The highest BCUT2D eigenvalue weighted by Crippen LogP contribution is 2.56. The fourth-order valence-electron chi connectivity index (χ4n) is 11.7. The Morgan fingerprint density at radius 1 is 0.406 bits per heavy atom. The molecule has 11 aromatic rings. The zero-order valence-electron chi connectivity index (χ0n) is 37.0. The fourth-order valence-corrected chi connectivity index (χ4v) is 15.0. The third-order valence-electron chi connectivity index (χ3n) is 14.8. The molecule has 10 heteroatoms. The molecular formula is C54H52Br2N2O4S2. The average molecular weight is 1020 g/mol. The summed E-state index contributed by atoms with van der Waals surface area (Å²) in [6.45, 7) is 9.57. The molecule has 0 aliphatic rings. The molecule has 0 saturated carbocycles. The van der Waals surface area contributed by atoms with E-state index in [0.717, 1.165) is 118 Å². The Balaban J connectivity index is 1.21. The lowest BCUT2D eigenvalue weighted by atomic mass is 9.79. The fraction of sp³-hybridized carbons (Fsp3) is 0.407. The zero-order valence-corrected chi connectivity index (χ0v) is 41.8. The van der Waals surface area contributed by atoms with Gasteiger partial charge in [0.1, 0.15) is 0 Å². The summed E-state index contributed by atoms with van der Waals surface area (Å²) >= 11 is 11.0. The van der Waals surface area contributed by atoms with Gasteiger partial charge in [0.25, 0.3) is 22.2 Å². The molecule has 0 N–H and O–H groups in total. The predicted molar refractivity (Wildman–Crippen MR) is 284 cm³/mol. The van der Waals surface area contributed by atoms with Crippen molar-refractivity contribution in [2.45, 2.75) is 131 Å². The molecule has 6 nitrogen and oxygen atoms in total. The van der Waals surface area contributed by atoms with Crippen LogP contribution >= 0.6 is 54.5 Å². The Morgan fingerprint density at radius 3 is 1.11 bits per heavy atom. The largest absolute Gasteiger partial charge is 0.274 e. The Hall–Kier alpha value is -3.96. The number of hydrogen-bond donors (Lipinski definition) is 0. The van der Waals surface area contributed by atoms with Crippen molar-refractivity contribution in [2.24, 2.45) is 11.8 Å². The van der Waals surface area contributed by atoms with E-state index < -0.39 is 0 Å². The average Bonchev–Trinajstić information content (AvgIpc) is 3.88. The van der Waals surface area contributed by atoms with Gasteiger partial charge in [0.15, 0.2) is 0 Å². The third kappa shape index (κ3) is 6.38. The van der Waals surface area contributed by atoms with E-state index >= 15 is 0 Å². The summed E-state index contributed by atoms with van der Waals surface area (Å²) < 4.78 is 7.03. The number of fused-ring (bicyclic) bond motifs is 6. The molecular weight excluding hydrogens is 965 g/mol. The molecule has 0 bridgehead atoms. The van der Waals surface area contributed by atoms with E-state index in [2.05, 4.69) is 96.0 Å². The second-order valence-corrected chi connectivity index (χ2v) is 24.1. The second kappa shape index (κ2) is 16.4. The summed E-state index contributed by atoms with van der Waals surface area (Å²) in [6.07, 6.45) is 16.4. The summed E-state index contributed by atoms with van der Waals surface area (Å²) in [7, 11) is 0. The van der Waals surface area contributed by atoms with E-state index in [0.29, 0.717) is 34.6 Å². The summed E-state index contributed by atoms with van der Waals surface area (Å²) in [6, 6.07) is 12.5. The minimum atomic E-state index is -0.231. The van der Waals surface area contributed by atoms with Gasteiger partial charge < -0.3 is 0 Å². The maximum atomic E-state index is 15.0. The monoisotopic (exact) mass is 1010 g/mol. The van der Waals surface area contributed by atoms with Gasteiger partial charge in [-0.1, -0.05) is 105 Å². The number of benzene rings is 7. The van der Waals surface area contributed by atoms with Crippen LogP contribution < -0.4 is 22.2 Å². The van der Waals surface area contributed by atoms with E-state index in [1.165, 1.54) is 73.3 Å². The summed E-state index contributed by atoms with van der Waals surface area (Å²) in [5.74, 6) is 0.344. The van der Waals surface area contributed by atoms with Crippen LogP contribution in [0.1, 0.15) is 118 Å². The van der Waals surface area contributed by atoms with Crippen LogP contribution in [-0.2, 0) is 13.1 Å². The van der Waals surface area contributed by atoms with Crippen LogP contribution in [0.5, 0.6) is 0 Å². The van der Waals surface area contributed by atoms with Gasteiger partial charge in [-0.25, -0.2) is 0 Å². The molecule has 0 spiro atoms. The van der Waals surface area contributed by atoms with Crippen LogP contribution in [0.15, 0.2) is 63.1 Å². The molecule has 0 saturated heterocycles. The molecule has 0 aliphatic carbocycles. The lowest BCUT2D eigenvalue weighted by Gasteiger charge is -2.25. The predicted octanol–water partition coefficient (Wildman–Crippen LogP) is 15.9. The van der Waals surface area contributed by atoms with Gasteiger partial charge in [0.2, 0.25) is 0 Å². The van der Waals surface area contributed by atoms with Crippen molar-refractivity contribution in [3.8, 4) is 0 Å². The molecule has 4 heterocycles. The number of halogens is 2. The van der Waals surface area contributed by atoms with E-state index in [1.54, 1.807) is 22.7 Å². The molecule has 2 atom stereocenters.